The lowest BCUT2D eigenvalue weighted by atomic mass is 10.1. The Balaban J connectivity index is 0.00000220. The molecule has 0 spiro atoms. The molecule has 0 fully saturated rings. The largest absolute Gasteiger partial charge is 0.414 e. The lowest BCUT2D eigenvalue weighted by Crippen LogP contribution is -2.13. The van der Waals surface area contributed by atoms with Crippen LogP contribution in [0.2, 0.25) is 5.02 Å². The van der Waals surface area contributed by atoms with Gasteiger partial charge >= 0.3 is 0 Å². The number of aromatic nitrogens is 2. The lowest BCUT2D eigenvalue weighted by molar-refractivity contribution is 0.361. The summed E-state index contributed by atoms with van der Waals surface area (Å²) in [6.45, 7) is 4.23. The predicted molar refractivity (Wildman–Crippen MR) is 88.9 cm³/mol. The van der Waals surface area contributed by atoms with E-state index in [0.717, 1.165) is 22.8 Å². The van der Waals surface area contributed by atoms with Gasteiger partial charge in [-0.15, -0.1) is 22.6 Å². The Morgan fingerprint density at radius 1 is 1.33 bits per heavy atom. The molecule has 0 unspecified atom stereocenters. The minimum absolute atomic E-state index is 0. The fourth-order valence-corrected chi connectivity index (χ4v) is 2.73. The first kappa shape index (κ1) is 18.3. The molecule has 0 aliphatic heterocycles. The molecular weight excluding hydrogens is 329 g/mol. The quantitative estimate of drug-likeness (QED) is 0.780. The van der Waals surface area contributed by atoms with E-state index in [0.29, 0.717) is 17.0 Å². The lowest BCUT2D eigenvalue weighted by Gasteiger charge is -2.08. The SMILES string of the molecule is CC(C)C[C@H](N)c1nnc(SCc2cccc(Cl)c2)o1.Cl. The standard InChI is InChI=1S/C14H18ClN3OS.ClH/c1-9(2)6-12(16)13-17-18-14(19-13)20-8-10-4-3-5-11(15)7-10;/h3-5,7,9,12H,6,8,16H2,1-2H3;1H/t12-;/m0./s1. The molecule has 2 rings (SSSR count). The monoisotopic (exact) mass is 347 g/mol. The maximum Gasteiger partial charge on any atom is 0.276 e. The van der Waals surface area contributed by atoms with Crippen LogP contribution in [0, 0.1) is 5.92 Å². The minimum atomic E-state index is -0.192. The number of hydrogen-bond acceptors (Lipinski definition) is 5. The van der Waals surface area contributed by atoms with E-state index in [1.54, 1.807) is 0 Å². The van der Waals surface area contributed by atoms with Gasteiger partial charge < -0.3 is 10.2 Å². The third kappa shape index (κ3) is 5.87. The molecule has 1 atom stereocenters. The van der Waals surface area contributed by atoms with E-state index in [2.05, 4.69) is 24.0 Å². The first-order valence-electron chi connectivity index (χ1n) is 6.51. The first-order chi connectivity index (χ1) is 9.54. The summed E-state index contributed by atoms with van der Waals surface area (Å²) < 4.78 is 5.58. The summed E-state index contributed by atoms with van der Waals surface area (Å²) >= 11 is 7.43. The van der Waals surface area contributed by atoms with Crippen LogP contribution in [0.25, 0.3) is 0 Å². The molecule has 0 amide bonds. The highest BCUT2D eigenvalue weighted by molar-refractivity contribution is 7.98. The van der Waals surface area contributed by atoms with Crippen molar-refractivity contribution in [3.8, 4) is 0 Å². The van der Waals surface area contributed by atoms with E-state index >= 15 is 0 Å². The Labute approximate surface area is 140 Å². The molecule has 1 aromatic heterocycles. The van der Waals surface area contributed by atoms with E-state index in [-0.39, 0.29) is 18.4 Å². The normalized spacial score (nSPS) is 12.2. The summed E-state index contributed by atoms with van der Waals surface area (Å²) in [4.78, 5) is 0. The molecule has 0 bridgehead atoms. The van der Waals surface area contributed by atoms with Crippen LogP contribution in [0.4, 0.5) is 0 Å². The van der Waals surface area contributed by atoms with Crippen molar-refractivity contribution in [3.63, 3.8) is 0 Å². The fourth-order valence-electron chi connectivity index (χ4n) is 1.81. The zero-order valence-corrected chi connectivity index (χ0v) is 14.3. The average molecular weight is 348 g/mol. The highest BCUT2D eigenvalue weighted by Crippen LogP contribution is 2.25. The number of thioether (sulfide) groups is 1. The van der Waals surface area contributed by atoms with Crippen LogP contribution in [0.15, 0.2) is 33.9 Å². The van der Waals surface area contributed by atoms with Gasteiger partial charge in [-0.1, -0.05) is 49.3 Å². The van der Waals surface area contributed by atoms with Crippen LogP contribution in [0.3, 0.4) is 0 Å². The second-order valence-electron chi connectivity index (χ2n) is 5.06. The van der Waals surface area contributed by atoms with Gasteiger partial charge in [0.25, 0.3) is 5.22 Å². The number of benzene rings is 1. The Morgan fingerprint density at radius 2 is 2.10 bits per heavy atom. The van der Waals surface area contributed by atoms with E-state index in [4.69, 9.17) is 21.8 Å². The second-order valence-corrected chi connectivity index (χ2v) is 6.42. The molecule has 0 saturated carbocycles. The molecule has 1 aromatic carbocycles. The summed E-state index contributed by atoms with van der Waals surface area (Å²) in [5.74, 6) is 1.74. The van der Waals surface area contributed by atoms with E-state index in [1.165, 1.54) is 11.8 Å². The van der Waals surface area contributed by atoms with Crippen molar-refractivity contribution < 1.29 is 4.42 Å². The number of hydrogen-bond donors (Lipinski definition) is 1. The maximum absolute atomic E-state index is 6.01. The number of rotatable bonds is 6. The zero-order chi connectivity index (χ0) is 14.5. The molecule has 7 heteroatoms. The Bertz CT molecular complexity index is 563. The Morgan fingerprint density at radius 3 is 2.76 bits per heavy atom. The molecule has 116 valence electrons. The summed E-state index contributed by atoms with van der Waals surface area (Å²) in [5, 5.41) is 9.30. The second kappa shape index (κ2) is 8.63. The van der Waals surface area contributed by atoms with E-state index in [1.807, 2.05) is 24.3 Å². The molecule has 2 aromatic rings. The average Bonchev–Trinajstić information content (AvgIpc) is 2.84. The van der Waals surface area contributed by atoms with Crippen LogP contribution in [0.1, 0.15) is 37.8 Å². The van der Waals surface area contributed by atoms with Gasteiger partial charge in [-0.3, -0.25) is 0 Å². The van der Waals surface area contributed by atoms with Gasteiger partial charge in [0.05, 0.1) is 6.04 Å². The first-order valence-corrected chi connectivity index (χ1v) is 7.87. The van der Waals surface area contributed by atoms with Crippen molar-refractivity contribution in [2.45, 2.75) is 37.3 Å². The molecule has 0 aliphatic rings. The highest BCUT2D eigenvalue weighted by atomic mass is 35.5. The van der Waals surface area contributed by atoms with Crippen LogP contribution >= 0.6 is 35.8 Å². The summed E-state index contributed by atoms with van der Waals surface area (Å²) in [5.41, 5.74) is 7.13. The molecule has 0 aliphatic carbocycles. The van der Waals surface area contributed by atoms with E-state index < -0.39 is 0 Å². The van der Waals surface area contributed by atoms with Crippen LogP contribution in [-0.4, -0.2) is 10.2 Å². The van der Waals surface area contributed by atoms with Crippen molar-refractivity contribution in [1.82, 2.24) is 10.2 Å². The van der Waals surface area contributed by atoms with Crippen molar-refractivity contribution in [3.05, 3.63) is 40.7 Å². The topological polar surface area (TPSA) is 64.9 Å². The van der Waals surface area contributed by atoms with Crippen LogP contribution in [-0.2, 0) is 5.75 Å². The molecule has 2 N–H and O–H groups in total. The number of halogens is 2. The summed E-state index contributed by atoms with van der Waals surface area (Å²) in [7, 11) is 0. The highest BCUT2D eigenvalue weighted by Gasteiger charge is 2.16. The van der Waals surface area contributed by atoms with Crippen LogP contribution < -0.4 is 5.73 Å². The molecule has 4 nitrogen and oxygen atoms in total. The third-order valence-corrected chi connectivity index (χ3v) is 3.84. The van der Waals surface area contributed by atoms with Gasteiger partial charge in [-0.05, 0) is 30.0 Å². The number of nitrogens with zero attached hydrogens (tertiary/aromatic N) is 2. The third-order valence-electron chi connectivity index (χ3n) is 2.72. The van der Waals surface area contributed by atoms with Crippen molar-refractivity contribution in [1.29, 1.82) is 0 Å². The Hall–Kier alpha value is -0.750. The molecule has 0 saturated heterocycles. The molecule has 21 heavy (non-hydrogen) atoms. The Kier molecular flexibility index (Phi) is 7.52. The molecule has 1 heterocycles. The van der Waals surface area contributed by atoms with Gasteiger partial charge in [0.1, 0.15) is 0 Å². The van der Waals surface area contributed by atoms with Gasteiger partial charge in [0.15, 0.2) is 0 Å². The zero-order valence-electron chi connectivity index (χ0n) is 12.0. The van der Waals surface area contributed by atoms with E-state index in [9.17, 15) is 0 Å². The molecular formula is C14H19Cl2N3OS. The van der Waals surface area contributed by atoms with Gasteiger partial charge in [-0.2, -0.15) is 0 Å². The van der Waals surface area contributed by atoms with Crippen molar-refractivity contribution in [2.24, 2.45) is 11.7 Å². The van der Waals surface area contributed by atoms with Crippen molar-refractivity contribution in [2.75, 3.05) is 0 Å². The van der Waals surface area contributed by atoms with Crippen molar-refractivity contribution >= 4 is 35.8 Å². The molecule has 0 radical (unpaired) electrons. The summed E-state index contributed by atoms with van der Waals surface area (Å²) in [6.07, 6.45) is 0.834. The maximum atomic E-state index is 6.01. The van der Waals surface area contributed by atoms with Gasteiger partial charge in [-0.25, -0.2) is 0 Å². The fraction of sp³-hybridized carbons (Fsp3) is 0.429. The predicted octanol–water partition coefficient (Wildman–Crippen LogP) is 4.48. The summed E-state index contributed by atoms with van der Waals surface area (Å²) in [6, 6.07) is 7.53. The van der Waals surface area contributed by atoms with Gasteiger partial charge in [0, 0.05) is 10.8 Å². The van der Waals surface area contributed by atoms with Gasteiger partial charge in [0.2, 0.25) is 5.89 Å². The van der Waals surface area contributed by atoms with Crippen LogP contribution in [0.5, 0.6) is 0 Å². The number of nitrogens with two attached hydrogens (primary N) is 1. The minimum Gasteiger partial charge on any atom is -0.414 e. The smallest absolute Gasteiger partial charge is 0.276 e.